The van der Waals surface area contributed by atoms with E-state index in [1.54, 1.807) is 0 Å². The molecule has 11 nitrogen and oxygen atoms in total. The Morgan fingerprint density at radius 1 is 1.09 bits per heavy atom. The summed E-state index contributed by atoms with van der Waals surface area (Å²) in [6.45, 7) is 0.251. The maximum atomic E-state index is 11.7. The number of carboxylic acid groups (broad SMARTS) is 2. The van der Waals surface area contributed by atoms with Crippen LogP contribution in [0, 0.1) is 11.8 Å². The molecule has 2 fully saturated rings. The van der Waals surface area contributed by atoms with Gasteiger partial charge in [0.1, 0.15) is 11.8 Å². The lowest BCUT2D eigenvalue weighted by Gasteiger charge is -2.45. The van der Waals surface area contributed by atoms with Gasteiger partial charge in [0.2, 0.25) is 5.82 Å². The van der Waals surface area contributed by atoms with E-state index in [0.29, 0.717) is 30.0 Å². The van der Waals surface area contributed by atoms with E-state index in [1.165, 1.54) is 0 Å². The molecule has 0 radical (unpaired) electrons. The predicted molar refractivity (Wildman–Crippen MR) is 115 cm³/mol. The van der Waals surface area contributed by atoms with Crippen molar-refractivity contribution in [3.05, 3.63) is 42.7 Å². The summed E-state index contributed by atoms with van der Waals surface area (Å²) >= 11 is 0. The molecule has 1 saturated heterocycles. The zero-order valence-corrected chi connectivity index (χ0v) is 17.7. The van der Waals surface area contributed by atoms with Crippen molar-refractivity contribution in [1.82, 2.24) is 30.1 Å². The number of fused-ring (bicyclic) bond motifs is 1. The molecule has 33 heavy (non-hydrogen) atoms. The molecule has 0 bridgehead atoms. The SMILES string of the molecule is O=C(O)[C@@H]1C[C@H]2C[C@@H](Oc3cc(-n4cccc4)ccc3-c3nn[nH]n3)CC[C@H]2CN1C(=O)O. The van der Waals surface area contributed by atoms with E-state index in [4.69, 9.17) is 4.74 Å². The van der Waals surface area contributed by atoms with Crippen LogP contribution in [0.25, 0.3) is 17.1 Å². The van der Waals surface area contributed by atoms with Crippen molar-refractivity contribution in [2.45, 2.75) is 37.8 Å². The van der Waals surface area contributed by atoms with Crippen molar-refractivity contribution in [1.29, 1.82) is 0 Å². The number of H-pyrrole nitrogens is 1. The van der Waals surface area contributed by atoms with E-state index in [0.717, 1.165) is 23.4 Å². The van der Waals surface area contributed by atoms with Gasteiger partial charge in [0.05, 0.1) is 11.7 Å². The molecule has 5 rings (SSSR count). The molecule has 1 aromatic carbocycles. The van der Waals surface area contributed by atoms with Crippen LogP contribution < -0.4 is 4.74 Å². The highest BCUT2D eigenvalue weighted by atomic mass is 16.5. The van der Waals surface area contributed by atoms with E-state index in [2.05, 4.69) is 20.6 Å². The monoisotopic (exact) mass is 452 g/mol. The Morgan fingerprint density at radius 3 is 2.61 bits per heavy atom. The average molecular weight is 452 g/mol. The molecule has 4 atom stereocenters. The maximum absolute atomic E-state index is 11.7. The number of nitrogens with zero attached hydrogens (tertiary/aromatic N) is 5. The van der Waals surface area contributed by atoms with Gasteiger partial charge >= 0.3 is 12.1 Å². The van der Waals surface area contributed by atoms with Crippen molar-refractivity contribution in [2.24, 2.45) is 11.8 Å². The third kappa shape index (κ3) is 4.13. The lowest BCUT2D eigenvalue weighted by Crippen LogP contribution is -2.54. The highest BCUT2D eigenvalue weighted by Gasteiger charge is 2.44. The first-order valence-electron chi connectivity index (χ1n) is 10.9. The number of hydrogen-bond acceptors (Lipinski definition) is 6. The highest BCUT2D eigenvalue weighted by molar-refractivity contribution is 5.79. The van der Waals surface area contributed by atoms with Crippen LogP contribution in [0.15, 0.2) is 42.7 Å². The second kappa shape index (κ2) is 8.57. The van der Waals surface area contributed by atoms with Gasteiger partial charge in [-0.2, -0.15) is 5.21 Å². The molecule has 1 amide bonds. The molecule has 0 spiro atoms. The molecule has 3 heterocycles. The second-order valence-corrected chi connectivity index (χ2v) is 8.60. The number of nitrogens with one attached hydrogen (secondary N) is 1. The van der Waals surface area contributed by atoms with Gasteiger partial charge in [-0.25, -0.2) is 9.59 Å². The Bertz CT molecular complexity index is 1130. The minimum atomic E-state index is -1.18. The van der Waals surface area contributed by atoms with E-state index in [9.17, 15) is 19.8 Å². The maximum Gasteiger partial charge on any atom is 0.408 e. The number of amides is 1. The molecule has 1 aliphatic heterocycles. The standard InChI is InChI=1S/C22H24N6O5/c29-21(30)18-10-14-9-16(5-3-13(14)12-28(18)22(31)32)33-19-11-15(27-7-1-2-8-27)4-6-17(19)20-23-25-26-24-20/h1-2,4,6-8,11,13-14,16,18H,3,5,9-10,12H2,(H,29,30)(H,31,32)(H,23,24,25,26)/t13-,14+,16-,18-/m0/s1. The van der Waals surface area contributed by atoms with Crippen LogP contribution in [0.3, 0.4) is 0 Å². The van der Waals surface area contributed by atoms with Crippen LogP contribution in [0.1, 0.15) is 25.7 Å². The summed E-state index contributed by atoms with van der Waals surface area (Å²) in [6, 6.07) is 8.65. The molecule has 2 aliphatic rings. The average Bonchev–Trinajstić information content (AvgIpc) is 3.52. The van der Waals surface area contributed by atoms with Gasteiger partial charge in [-0.1, -0.05) is 0 Å². The third-order valence-corrected chi connectivity index (χ3v) is 6.70. The van der Waals surface area contributed by atoms with Crippen molar-refractivity contribution < 1.29 is 24.5 Å². The smallest absolute Gasteiger partial charge is 0.408 e. The number of hydrogen-bond donors (Lipinski definition) is 3. The highest BCUT2D eigenvalue weighted by Crippen LogP contribution is 2.41. The van der Waals surface area contributed by atoms with Crippen molar-refractivity contribution in [3.8, 4) is 22.8 Å². The number of tetrazole rings is 1. The Hall–Kier alpha value is -3.89. The molecule has 2 aromatic heterocycles. The predicted octanol–water partition coefficient (Wildman–Crippen LogP) is 2.66. The fraction of sp³-hybridized carbons (Fsp3) is 0.409. The first-order valence-corrected chi connectivity index (χ1v) is 10.9. The number of likely N-dealkylation sites (tertiary alicyclic amines) is 1. The quantitative estimate of drug-likeness (QED) is 0.535. The second-order valence-electron chi connectivity index (χ2n) is 8.60. The number of benzene rings is 1. The van der Waals surface area contributed by atoms with Crippen LogP contribution in [0.5, 0.6) is 5.75 Å². The number of carboxylic acids is 1. The molecule has 3 N–H and O–H groups in total. The van der Waals surface area contributed by atoms with E-state index >= 15 is 0 Å². The summed E-state index contributed by atoms with van der Waals surface area (Å²) in [5.41, 5.74) is 1.64. The minimum absolute atomic E-state index is 0.0849. The normalized spacial score (nSPS) is 24.8. The fourth-order valence-corrected chi connectivity index (χ4v) is 5.08. The van der Waals surface area contributed by atoms with Crippen molar-refractivity contribution >= 4 is 12.1 Å². The van der Waals surface area contributed by atoms with Crippen LogP contribution in [0.2, 0.25) is 0 Å². The van der Waals surface area contributed by atoms with Gasteiger partial charge in [0, 0.05) is 30.7 Å². The zero-order valence-electron chi connectivity index (χ0n) is 17.7. The van der Waals surface area contributed by atoms with Gasteiger partial charge in [-0.05, 0) is 67.0 Å². The van der Waals surface area contributed by atoms with Gasteiger partial charge in [-0.3, -0.25) is 4.90 Å². The number of aromatic amines is 1. The topological polar surface area (TPSA) is 146 Å². The zero-order chi connectivity index (χ0) is 22.9. The Morgan fingerprint density at radius 2 is 1.91 bits per heavy atom. The van der Waals surface area contributed by atoms with E-state index in [-0.39, 0.29) is 24.5 Å². The minimum Gasteiger partial charge on any atom is -0.490 e. The summed E-state index contributed by atoms with van der Waals surface area (Å²) in [5.74, 6) is 0.182. The number of rotatable bonds is 5. The third-order valence-electron chi connectivity index (χ3n) is 6.70. The van der Waals surface area contributed by atoms with Crippen molar-refractivity contribution in [2.75, 3.05) is 6.54 Å². The summed E-state index contributed by atoms with van der Waals surface area (Å²) in [5, 5.41) is 33.3. The van der Waals surface area contributed by atoms with Crippen LogP contribution in [-0.2, 0) is 4.79 Å². The van der Waals surface area contributed by atoms with Crippen LogP contribution >= 0.6 is 0 Å². The molecule has 0 unspecified atom stereocenters. The fourth-order valence-electron chi connectivity index (χ4n) is 5.08. The van der Waals surface area contributed by atoms with Gasteiger partial charge in [0.15, 0.2) is 0 Å². The van der Waals surface area contributed by atoms with Gasteiger partial charge in [-0.15, -0.1) is 10.2 Å². The van der Waals surface area contributed by atoms with E-state index < -0.39 is 18.1 Å². The van der Waals surface area contributed by atoms with E-state index in [1.807, 2.05) is 47.3 Å². The Labute approximate surface area is 189 Å². The number of piperidine rings is 1. The number of ether oxygens (including phenoxy) is 1. The number of carbonyl (C=O) groups is 2. The summed E-state index contributed by atoms with van der Waals surface area (Å²) in [6.07, 6.45) is 5.09. The number of aromatic nitrogens is 5. The lowest BCUT2D eigenvalue weighted by molar-refractivity contribution is -0.146. The molecule has 11 heteroatoms. The summed E-state index contributed by atoms with van der Waals surface area (Å²) in [4.78, 5) is 24.3. The molecule has 3 aromatic rings. The largest absolute Gasteiger partial charge is 0.490 e. The molecular weight excluding hydrogens is 428 g/mol. The Kier molecular flexibility index (Phi) is 5.45. The summed E-state index contributed by atoms with van der Waals surface area (Å²) in [7, 11) is 0. The van der Waals surface area contributed by atoms with Crippen LogP contribution in [0.4, 0.5) is 4.79 Å². The Balaban J connectivity index is 1.38. The molecular formula is C22H24N6O5. The van der Waals surface area contributed by atoms with Gasteiger partial charge in [0.25, 0.3) is 0 Å². The van der Waals surface area contributed by atoms with Crippen molar-refractivity contribution in [3.63, 3.8) is 0 Å². The summed E-state index contributed by atoms with van der Waals surface area (Å²) < 4.78 is 8.43. The van der Waals surface area contributed by atoms with Gasteiger partial charge < -0.3 is 19.5 Å². The first-order chi connectivity index (χ1) is 16.0. The first kappa shape index (κ1) is 21.0. The lowest BCUT2D eigenvalue weighted by atomic mass is 9.72. The molecule has 1 saturated carbocycles. The molecule has 172 valence electrons. The molecule has 1 aliphatic carbocycles. The number of aliphatic carboxylic acids is 1. The van der Waals surface area contributed by atoms with Crippen LogP contribution in [-0.4, -0.2) is 71.1 Å².